The van der Waals surface area contributed by atoms with Crippen molar-refractivity contribution < 1.29 is 0 Å². The minimum Gasteiger partial charge on any atom is -0.299 e. The summed E-state index contributed by atoms with van der Waals surface area (Å²) in [6.45, 7) is 3.51. The number of rotatable bonds is 6. The molecule has 4 rings (SSSR count). The normalized spacial score (nSPS) is 18.4. The van der Waals surface area contributed by atoms with Crippen molar-refractivity contribution in [1.82, 2.24) is 15.1 Å². The second kappa shape index (κ2) is 8.28. The average molecular weight is 366 g/mol. The third-order valence-electron chi connectivity index (χ3n) is 5.37. The maximum Gasteiger partial charge on any atom is 0.0650 e. The minimum absolute atomic E-state index is 0.754. The average Bonchev–Trinajstić information content (AvgIpc) is 3.12. The number of hydrogen-bond donors (Lipinski definition) is 1. The van der Waals surface area contributed by atoms with Crippen LogP contribution in [-0.2, 0) is 18.7 Å². The smallest absolute Gasteiger partial charge is 0.0650 e. The molecule has 3 aromatic rings. The molecular weight excluding hydrogens is 338 g/mol. The SMILES string of the molecule is CSCc1ccc(CN2CCCC(Cc3ccc4[nH]ncc4c3)C2)cc1. The van der Waals surface area contributed by atoms with Crippen LogP contribution in [0.2, 0.25) is 0 Å². The molecular formula is C22H27N3S. The monoisotopic (exact) mass is 365 g/mol. The molecule has 136 valence electrons. The van der Waals surface area contributed by atoms with E-state index in [9.17, 15) is 0 Å². The van der Waals surface area contributed by atoms with Crippen molar-refractivity contribution in [2.24, 2.45) is 5.92 Å². The van der Waals surface area contributed by atoms with Gasteiger partial charge in [-0.2, -0.15) is 16.9 Å². The Morgan fingerprint density at radius 1 is 1.12 bits per heavy atom. The molecule has 0 aliphatic carbocycles. The van der Waals surface area contributed by atoms with Crippen molar-refractivity contribution in [3.63, 3.8) is 0 Å². The number of nitrogens with one attached hydrogen (secondary N) is 1. The summed E-state index contributed by atoms with van der Waals surface area (Å²) >= 11 is 1.88. The molecule has 2 heterocycles. The van der Waals surface area contributed by atoms with Crippen LogP contribution in [0, 0.1) is 5.92 Å². The Balaban J connectivity index is 1.36. The molecule has 0 bridgehead atoms. The molecule has 1 unspecified atom stereocenters. The van der Waals surface area contributed by atoms with E-state index in [4.69, 9.17) is 0 Å². The van der Waals surface area contributed by atoms with Gasteiger partial charge in [-0.25, -0.2) is 0 Å². The van der Waals surface area contributed by atoms with Crippen LogP contribution in [0.15, 0.2) is 48.7 Å². The standard InChI is InChI=1S/C22H27N3S/c1-26-16-18-6-4-17(5-7-18)14-25-10-2-3-20(15-25)11-19-8-9-22-21(12-19)13-23-24-22/h4-9,12-13,20H,2-3,10-11,14-16H2,1H3,(H,23,24). The van der Waals surface area contributed by atoms with Gasteiger partial charge >= 0.3 is 0 Å². The Kier molecular flexibility index (Phi) is 5.61. The topological polar surface area (TPSA) is 31.9 Å². The Bertz CT molecular complexity index is 840. The predicted octanol–water partition coefficient (Wildman–Crippen LogP) is 4.88. The maximum absolute atomic E-state index is 4.13. The number of thioether (sulfide) groups is 1. The molecule has 1 saturated heterocycles. The molecule has 1 atom stereocenters. The Labute approximate surface area is 160 Å². The third-order valence-corrected chi connectivity index (χ3v) is 5.99. The molecule has 3 nitrogen and oxygen atoms in total. The van der Waals surface area contributed by atoms with Crippen molar-refractivity contribution >= 4 is 22.7 Å². The summed E-state index contributed by atoms with van der Waals surface area (Å²) in [5.74, 6) is 1.86. The van der Waals surface area contributed by atoms with E-state index < -0.39 is 0 Å². The number of nitrogens with zero attached hydrogens (tertiary/aromatic N) is 2. The summed E-state index contributed by atoms with van der Waals surface area (Å²) in [4.78, 5) is 2.63. The van der Waals surface area contributed by atoms with Crippen molar-refractivity contribution in [3.8, 4) is 0 Å². The van der Waals surface area contributed by atoms with E-state index in [1.54, 1.807) is 0 Å². The summed E-state index contributed by atoms with van der Waals surface area (Å²) in [7, 11) is 0. The van der Waals surface area contributed by atoms with Gasteiger partial charge in [0.25, 0.3) is 0 Å². The van der Waals surface area contributed by atoms with Gasteiger partial charge in [0.05, 0.1) is 11.7 Å². The molecule has 26 heavy (non-hydrogen) atoms. The lowest BCUT2D eigenvalue weighted by Gasteiger charge is -2.33. The van der Waals surface area contributed by atoms with Crippen LogP contribution in [0.1, 0.15) is 29.5 Å². The fourth-order valence-electron chi connectivity index (χ4n) is 4.08. The van der Waals surface area contributed by atoms with Crippen molar-refractivity contribution in [1.29, 1.82) is 0 Å². The van der Waals surface area contributed by atoms with Gasteiger partial charge in [0.15, 0.2) is 0 Å². The molecule has 0 saturated carbocycles. The number of fused-ring (bicyclic) bond motifs is 1. The van der Waals surface area contributed by atoms with E-state index in [2.05, 4.69) is 63.8 Å². The minimum atomic E-state index is 0.754. The van der Waals surface area contributed by atoms with Gasteiger partial charge in [0.2, 0.25) is 0 Å². The first-order valence-electron chi connectivity index (χ1n) is 9.51. The molecule has 1 aliphatic rings. The highest BCUT2D eigenvalue weighted by molar-refractivity contribution is 7.97. The van der Waals surface area contributed by atoms with Crippen LogP contribution in [0.4, 0.5) is 0 Å². The first kappa shape index (κ1) is 17.6. The highest BCUT2D eigenvalue weighted by Gasteiger charge is 2.20. The Morgan fingerprint density at radius 2 is 1.92 bits per heavy atom. The van der Waals surface area contributed by atoms with E-state index in [-0.39, 0.29) is 0 Å². The quantitative estimate of drug-likeness (QED) is 0.675. The summed E-state index contributed by atoms with van der Waals surface area (Å²) in [6, 6.07) is 15.9. The molecule has 1 N–H and O–H groups in total. The van der Waals surface area contributed by atoms with Gasteiger partial charge < -0.3 is 0 Å². The van der Waals surface area contributed by atoms with Crippen molar-refractivity contribution in [3.05, 3.63) is 65.4 Å². The van der Waals surface area contributed by atoms with Crippen LogP contribution in [0.5, 0.6) is 0 Å². The van der Waals surface area contributed by atoms with Gasteiger partial charge in [0, 0.05) is 24.2 Å². The first-order valence-corrected chi connectivity index (χ1v) is 10.9. The lowest BCUT2D eigenvalue weighted by molar-refractivity contribution is 0.167. The van der Waals surface area contributed by atoms with E-state index in [0.717, 1.165) is 23.7 Å². The number of piperidine rings is 1. The number of likely N-dealkylation sites (tertiary alicyclic amines) is 1. The van der Waals surface area contributed by atoms with Crippen LogP contribution < -0.4 is 0 Å². The van der Waals surface area contributed by atoms with E-state index in [1.807, 2.05) is 18.0 Å². The molecule has 2 aromatic carbocycles. The fourth-order valence-corrected chi connectivity index (χ4v) is 4.61. The molecule has 1 fully saturated rings. The number of aromatic nitrogens is 2. The van der Waals surface area contributed by atoms with Gasteiger partial charge in [-0.05, 0) is 66.8 Å². The maximum atomic E-state index is 4.13. The molecule has 1 aliphatic heterocycles. The van der Waals surface area contributed by atoms with Crippen LogP contribution >= 0.6 is 11.8 Å². The number of H-pyrrole nitrogens is 1. The largest absolute Gasteiger partial charge is 0.299 e. The highest BCUT2D eigenvalue weighted by atomic mass is 32.2. The zero-order valence-electron chi connectivity index (χ0n) is 15.4. The third kappa shape index (κ3) is 4.30. The highest BCUT2D eigenvalue weighted by Crippen LogP contribution is 2.24. The van der Waals surface area contributed by atoms with Gasteiger partial charge in [-0.15, -0.1) is 0 Å². The summed E-state index contributed by atoms with van der Waals surface area (Å²) in [6.07, 6.45) is 7.90. The molecule has 0 spiro atoms. The summed E-state index contributed by atoms with van der Waals surface area (Å²) in [5, 5.41) is 8.39. The Morgan fingerprint density at radius 3 is 2.77 bits per heavy atom. The molecule has 0 amide bonds. The van der Waals surface area contributed by atoms with Gasteiger partial charge in [-0.1, -0.05) is 30.3 Å². The second-order valence-corrected chi connectivity index (χ2v) is 8.35. The number of hydrogen-bond acceptors (Lipinski definition) is 3. The molecule has 4 heteroatoms. The number of benzene rings is 2. The van der Waals surface area contributed by atoms with Gasteiger partial charge in [0.1, 0.15) is 0 Å². The lowest BCUT2D eigenvalue weighted by Crippen LogP contribution is -2.35. The van der Waals surface area contributed by atoms with E-state index in [0.29, 0.717) is 0 Å². The first-order chi connectivity index (χ1) is 12.8. The van der Waals surface area contributed by atoms with Crippen molar-refractivity contribution in [2.75, 3.05) is 19.3 Å². The summed E-state index contributed by atoms with van der Waals surface area (Å²) in [5.41, 5.74) is 5.43. The lowest BCUT2D eigenvalue weighted by atomic mass is 9.90. The van der Waals surface area contributed by atoms with Crippen LogP contribution in [-0.4, -0.2) is 34.4 Å². The fraction of sp³-hybridized carbons (Fsp3) is 0.409. The number of aromatic amines is 1. The summed E-state index contributed by atoms with van der Waals surface area (Å²) < 4.78 is 0. The second-order valence-electron chi connectivity index (χ2n) is 7.49. The zero-order chi connectivity index (χ0) is 17.8. The van der Waals surface area contributed by atoms with Crippen LogP contribution in [0.3, 0.4) is 0 Å². The molecule has 0 radical (unpaired) electrons. The van der Waals surface area contributed by atoms with Crippen LogP contribution in [0.25, 0.3) is 10.9 Å². The van der Waals surface area contributed by atoms with E-state index in [1.165, 1.54) is 54.4 Å². The van der Waals surface area contributed by atoms with E-state index >= 15 is 0 Å². The Hall–Kier alpha value is -1.78. The molecule has 1 aromatic heterocycles. The predicted molar refractivity (Wildman–Crippen MR) is 111 cm³/mol. The zero-order valence-corrected chi connectivity index (χ0v) is 16.3. The van der Waals surface area contributed by atoms with Crippen molar-refractivity contribution in [2.45, 2.75) is 31.6 Å². The van der Waals surface area contributed by atoms with Gasteiger partial charge in [-0.3, -0.25) is 10.00 Å².